The Morgan fingerprint density at radius 1 is 0.944 bits per heavy atom. The van der Waals surface area contributed by atoms with E-state index >= 15 is 0 Å². The lowest BCUT2D eigenvalue weighted by Crippen LogP contribution is -2.70. The minimum absolute atomic E-state index is 1.01. The lowest BCUT2D eigenvalue weighted by molar-refractivity contribution is -0.419. The van der Waals surface area contributed by atoms with Crippen LogP contribution in [0.4, 0.5) is 5.69 Å². The first-order valence-electron chi connectivity index (χ1n) is 6.15. The molecule has 0 heterocycles. The van der Waals surface area contributed by atoms with Crippen molar-refractivity contribution in [2.75, 3.05) is 12.4 Å². The smallest absolute Gasteiger partial charge is 0.277 e. The van der Waals surface area contributed by atoms with E-state index in [0.29, 0.717) is 0 Å². The predicted molar refractivity (Wildman–Crippen MR) is 77.0 cm³/mol. The highest BCUT2D eigenvalue weighted by atomic mass is 15.0. The van der Waals surface area contributed by atoms with Crippen molar-refractivity contribution in [3.8, 4) is 0 Å². The van der Waals surface area contributed by atoms with Crippen LogP contribution in [0.2, 0.25) is 0 Å². The largest absolute Gasteiger partial charge is 0.279 e. The Morgan fingerprint density at radius 2 is 1.67 bits per heavy atom. The molecule has 92 valence electrons. The van der Waals surface area contributed by atoms with Crippen LogP contribution < -0.4 is 10.3 Å². The van der Waals surface area contributed by atoms with Crippen LogP contribution in [0.5, 0.6) is 0 Å². The minimum atomic E-state index is 1.01. The number of hydrogen-bond donors (Lipinski definition) is 2. The van der Waals surface area contributed by atoms with E-state index < -0.39 is 0 Å². The van der Waals surface area contributed by atoms with Crippen LogP contribution in [0, 0.1) is 13.8 Å². The molecule has 0 amide bonds. The Kier molecular flexibility index (Phi) is 3.78. The van der Waals surface area contributed by atoms with Gasteiger partial charge >= 0.3 is 0 Å². The number of rotatable bonds is 2. The van der Waals surface area contributed by atoms with Gasteiger partial charge in [0, 0.05) is 0 Å². The summed E-state index contributed by atoms with van der Waals surface area (Å²) in [4.78, 5) is 3.21. The molecular weight excluding hydrogens is 220 g/mol. The summed E-state index contributed by atoms with van der Waals surface area (Å²) in [6.45, 7) is 4.25. The molecule has 0 atom stereocenters. The van der Waals surface area contributed by atoms with Gasteiger partial charge in [0.15, 0.2) is 0 Å². The van der Waals surface area contributed by atoms with E-state index in [1.165, 1.54) is 11.1 Å². The second-order valence-electron chi connectivity index (χ2n) is 4.42. The van der Waals surface area contributed by atoms with E-state index in [4.69, 9.17) is 0 Å². The Balaban J connectivity index is 2.24. The van der Waals surface area contributed by atoms with Gasteiger partial charge in [0.25, 0.3) is 5.84 Å². The maximum Gasteiger partial charge on any atom is 0.279 e. The first kappa shape index (κ1) is 12.4. The molecule has 0 saturated carbocycles. The van der Waals surface area contributed by atoms with E-state index in [1.807, 2.05) is 25.2 Å². The molecule has 2 N–H and O–H groups in total. The number of hydrogen-bond acceptors (Lipinski definition) is 0. The number of aryl methyl sites for hydroxylation is 2. The fourth-order valence-corrected chi connectivity index (χ4v) is 1.85. The van der Waals surface area contributed by atoms with Crippen LogP contribution in [-0.4, -0.2) is 12.9 Å². The van der Waals surface area contributed by atoms with Crippen LogP contribution in [0.1, 0.15) is 16.7 Å². The molecule has 0 spiro atoms. The summed E-state index contributed by atoms with van der Waals surface area (Å²) >= 11 is 0. The molecule has 18 heavy (non-hydrogen) atoms. The van der Waals surface area contributed by atoms with Crippen LogP contribution in [-0.2, 0) is 0 Å². The number of benzene rings is 2. The molecule has 0 aliphatic carbocycles. The molecule has 0 fully saturated rings. The van der Waals surface area contributed by atoms with Crippen molar-refractivity contribution < 1.29 is 4.99 Å². The maximum absolute atomic E-state index is 3.42. The van der Waals surface area contributed by atoms with Crippen molar-refractivity contribution in [1.29, 1.82) is 0 Å². The van der Waals surface area contributed by atoms with Crippen molar-refractivity contribution in [3.63, 3.8) is 0 Å². The molecule has 0 bridgehead atoms. The van der Waals surface area contributed by atoms with Gasteiger partial charge in [-0.15, -0.1) is 0 Å². The SMILES string of the molecule is C[NH+]=C(Nc1ccc(C)c(C)c1)c1ccccc1. The van der Waals surface area contributed by atoms with Crippen LogP contribution >= 0.6 is 0 Å². The van der Waals surface area contributed by atoms with Gasteiger partial charge in [-0.2, -0.15) is 0 Å². The maximum atomic E-state index is 3.42. The van der Waals surface area contributed by atoms with Gasteiger partial charge in [-0.1, -0.05) is 24.3 Å². The van der Waals surface area contributed by atoms with E-state index in [-0.39, 0.29) is 0 Å². The van der Waals surface area contributed by atoms with Gasteiger partial charge < -0.3 is 0 Å². The molecule has 0 radical (unpaired) electrons. The van der Waals surface area contributed by atoms with E-state index in [9.17, 15) is 0 Å². The van der Waals surface area contributed by atoms with Gasteiger partial charge in [-0.25, -0.2) is 5.32 Å². The average molecular weight is 239 g/mol. The molecular formula is C16H19N2+. The normalized spacial score (nSPS) is 11.4. The van der Waals surface area contributed by atoms with Crippen LogP contribution in [0.15, 0.2) is 48.5 Å². The van der Waals surface area contributed by atoms with Gasteiger partial charge in [0.2, 0.25) is 0 Å². The second-order valence-corrected chi connectivity index (χ2v) is 4.42. The zero-order valence-corrected chi connectivity index (χ0v) is 11.1. The van der Waals surface area contributed by atoms with Crippen molar-refractivity contribution in [3.05, 3.63) is 65.2 Å². The third-order valence-electron chi connectivity index (χ3n) is 3.09. The quantitative estimate of drug-likeness (QED) is 0.607. The average Bonchev–Trinajstić information content (AvgIpc) is 2.41. The predicted octanol–water partition coefficient (Wildman–Crippen LogP) is 1.87. The van der Waals surface area contributed by atoms with E-state index in [1.54, 1.807) is 0 Å². The monoisotopic (exact) mass is 239 g/mol. The molecule has 2 aromatic carbocycles. The van der Waals surface area contributed by atoms with Crippen molar-refractivity contribution in [2.24, 2.45) is 0 Å². The first-order chi connectivity index (χ1) is 8.70. The molecule has 0 aromatic heterocycles. The Bertz CT molecular complexity index is 557. The summed E-state index contributed by atoms with van der Waals surface area (Å²) in [5.41, 5.74) is 4.86. The Labute approximate surface area is 108 Å². The summed E-state index contributed by atoms with van der Waals surface area (Å²) in [7, 11) is 1.93. The third-order valence-corrected chi connectivity index (χ3v) is 3.09. The van der Waals surface area contributed by atoms with Crippen molar-refractivity contribution in [2.45, 2.75) is 13.8 Å². The fraction of sp³-hybridized carbons (Fsp3) is 0.188. The highest BCUT2D eigenvalue weighted by molar-refractivity contribution is 6.04. The van der Waals surface area contributed by atoms with Gasteiger partial charge in [-0.3, -0.25) is 4.99 Å². The topological polar surface area (TPSA) is 26.0 Å². The van der Waals surface area contributed by atoms with Crippen molar-refractivity contribution >= 4 is 11.5 Å². The number of anilines is 1. The summed E-state index contributed by atoms with van der Waals surface area (Å²) in [5, 5.41) is 3.42. The molecule has 0 aliphatic heterocycles. The number of amidine groups is 1. The molecule has 0 saturated heterocycles. The van der Waals surface area contributed by atoms with Crippen molar-refractivity contribution in [1.82, 2.24) is 0 Å². The molecule has 2 heteroatoms. The van der Waals surface area contributed by atoms with Gasteiger partial charge in [-0.05, 0) is 49.2 Å². The number of nitrogens with one attached hydrogen (secondary N) is 2. The Hall–Kier alpha value is -2.09. The first-order valence-corrected chi connectivity index (χ1v) is 6.15. The summed E-state index contributed by atoms with van der Waals surface area (Å²) in [6, 6.07) is 16.7. The standard InChI is InChI=1S/C16H18N2/c1-12-9-10-15(11-13(12)2)18-16(17-3)14-7-5-4-6-8-14/h4-11H,1-3H3,(H,17,18)/p+1. The second kappa shape index (κ2) is 5.50. The zero-order valence-electron chi connectivity index (χ0n) is 11.1. The van der Waals surface area contributed by atoms with Crippen LogP contribution in [0.25, 0.3) is 0 Å². The lowest BCUT2D eigenvalue weighted by Gasteiger charge is -2.05. The summed E-state index contributed by atoms with van der Waals surface area (Å²) < 4.78 is 0. The molecule has 0 unspecified atom stereocenters. The fourth-order valence-electron chi connectivity index (χ4n) is 1.85. The molecule has 2 aromatic rings. The lowest BCUT2D eigenvalue weighted by atomic mass is 10.1. The molecule has 0 aliphatic rings. The van der Waals surface area contributed by atoms with E-state index in [2.05, 4.69) is 54.5 Å². The zero-order chi connectivity index (χ0) is 13.0. The van der Waals surface area contributed by atoms with Crippen LogP contribution in [0.3, 0.4) is 0 Å². The van der Waals surface area contributed by atoms with E-state index in [0.717, 1.165) is 17.1 Å². The summed E-state index contributed by atoms with van der Waals surface area (Å²) in [6.07, 6.45) is 0. The summed E-state index contributed by atoms with van der Waals surface area (Å²) in [5.74, 6) is 1.01. The highest BCUT2D eigenvalue weighted by Crippen LogP contribution is 2.14. The van der Waals surface area contributed by atoms with Gasteiger partial charge in [0.1, 0.15) is 5.69 Å². The Morgan fingerprint density at radius 3 is 2.28 bits per heavy atom. The highest BCUT2D eigenvalue weighted by Gasteiger charge is 2.09. The third kappa shape index (κ3) is 2.77. The van der Waals surface area contributed by atoms with Gasteiger partial charge in [0.05, 0.1) is 12.6 Å². The molecule has 2 rings (SSSR count). The minimum Gasteiger partial charge on any atom is -0.277 e. The molecule has 2 nitrogen and oxygen atoms in total.